The molecule has 2 aromatic rings. The summed E-state index contributed by atoms with van der Waals surface area (Å²) in [5.41, 5.74) is 2.01. The number of amides is 1. The van der Waals surface area contributed by atoms with E-state index in [0.29, 0.717) is 26.2 Å². The van der Waals surface area contributed by atoms with E-state index >= 15 is 0 Å². The van der Waals surface area contributed by atoms with Crippen LogP contribution in [0.2, 0.25) is 0 Å². The van der Waals surface area contributed by atoms with Gasteiger partial charge in [0.1, 0.15) is 5.82 Å². The molecule has 1 amide bonds. The van der Waals surface area contributed by atoms with Gasteiger partial charge in [-0.2, -0.15) is 0 Å². The van der Waals surface area contributed by atoms with Gasteiger partial charge in [-0.1, -0.05) is 0 Å². The number of benzene rings is 1. The van der Waals surface area contributed by atoms with E-state index in [9.17, 15) is 9.18 Å². The van der Waals surface area contributed by atoms with Gasteiger partial charge in [0.15, 0.2) is 5.96 Å². The molecule has 3 rings (SSSR count). The minimum absolute atomic E-state index is 0.229. The van der Waals surface area contributed by atoms with Gasteiger partial charge in [-0.05, 0) is 49.9 Å². The van der Waals surface area contributed by atoms with Crippen molar-refractivity contribution in [2.75, 3.05) is 33.3 Å². The molecule has 0 aliphatic carbocycles. The number of hydrogen-bond donors (Lipinski definition) is 3. The average molecular weight is 389 g/mol. The Morgan fingerprint density at radius 2 is 2.18 bits per heavy atom. The van der Waals surface area contributed by atoms with Crippen LogP contribution in [-0.2, 0) is 11.2 Å². The molecule has 1 aromatic heterocycles. The Bertz CT molecular complexity index is 827. The molecular weight excluding hydrogens is 361 g/mol. The van der Waals surface area contributed by atoms with Crippen molar-refractivity contribution < 1.29 is 13.9 Å². The molecular formula is C20H28FN5O2. The molecule has 0 atom stereocenters. The predicted molar refractivity (Wildman–Crippen MR) is 108 cm³/mol. The average Bonchev–Trinajstić information content (AvgIpc) is 3.10. The molecule has 7 nitrogen and oxygen atoms in total. The summed E-state index contributed by atoms with van der Waals surface area (Å²) in [7, 11) is 1.74. The van der Waals surface area contributed by atoms with Crippen LogP contribution in [0.25, 0.3) is 10.9 Å². The fourth-order valence-electron chi connectivity index (χ4n) is 3.48. The van der Waals surface area contributed by atoms with Gasteiger partial charge in [0.2, 0.25) is 0 Å². The van der Waals surface area contributed by atoms with Gasteiger partial charge < -0.3 is 25.3 Å². The molecule has 0 saturated carbocycles. The third-order valence-corrected chi connectivity index (χ3v) is 5.00. The highest BCUT2D eigenvalue weighted by molar-refractivity contribution is 5.83. The lowest BCUT2D eigenvalue weighted by Gasteiger charge is -2.32. The van der Waals surface area contributed by atoms with E-state index < -0.39 is 0 Å². The standard InChI is InChI=1S/C20H28FN5O2/c1-3-28-20(27)26-10-7-16(8-11-26)25-19(22-2)23-9-6-14-13-24-18-5-4-15(21)12-17(14)18/h4-5,12-13,16,24H,3,6-11H2,1-2H3,(H2,22,23,25). The first-order valence-corrected chi connectivity index (χ1v) is 9.75. The van der Waals surface area contributed by atoms with Gasteiger partial charge in [-0.15, -0.1) is 0 Å². The first kappa shape index (κ1) is 20.0. The van der Waals surface area contributed by atoms with E-state index in [1.54, 1.807) is 24.1 Å². The van der Waals surface area contributed by atoms with Crippen LogP contribution in [0.1, 0.15) is 25.3 Å². The number of carbonyl (C=O) groups is 1. The maximum absolute atomic E-state index is 13.5. The summed E-state index contributed by atoms with van der Waals surface area (Å²) in [5.74, 6) is 0.508. The smallest absolute Gasteiger partial charge is 0.409 e. The van der Waals surface area contributed by atoms with Gasteiger partial charge >= 0.3 is 6.09 Å². The minimum atomic E-state index is -0.237. The van der Waals surface area contributed by atoms with E-state index in [2.05, 4.69) is 20.6 Å². The Morgan fingerprint density at radius 3 is 2.89 bits per heavy atom. The number of aromatic amines is 1. The molecule has 3 N–H and O–H groups in total. The number of fused-ring (bicyclic) bond motifs is 1. The van der Waals surface area contributed by atoms with Gasteiger partial charge in [0.05, 0.1) is 6.61 Å². The fourth-order valence-corrected chi connectivity index (χ4v) is 3.48. The monoisotopic (exact) mass is 389 g/mol. The van der Waals surface area contributed by atoms with Crippen molar-refractivity contribution in [3.8, 4) is 0 Å². The number of aromatic nitrogens is 1. The number of aliphatic imine (C=N–C) groups is 1. The van der Waals surface area contributed by atoms with E-state index in [-0.39, 0.29) is 18.0 Å². The molecule has 0 bridgehead atoms. The number of ether oxygens (including phenoxy) is 1. The molecule has 1 saturated heterocycles. The van der Waals surface area contributed by atoms with Crippen LogP contribution in [0.3, 0.4) is 0 Å². The number of nitrogens with zero attached hydrogens (tertiary/aromatic N) is 2. The molecule has 28 heavy (non-hydrogen) atoms. The summed E-state index contributed by atoms with van der Waals surface area (Å²) >= 11 is 0. The third kappa shape index (κ3) is 4.94. The second-order valence-corrected chi connectivity index (χ2v) is 6.86. The second-order valence-electron chi connectivity index (χ2n) is 6.86. The van der Waals surface area contributed by atoms with Crippen molar-refractivity contribution in [2.45, 2.75) is 32.2 Å². The van der Waals surface area contributed by atoms with Gasteiger partial charge in [0.25, 0.3) is 0 Å². The van der Waals surface area contributed by atoms with Crippen LogP contribution in [0.15, 0.2) is 29.4 Å². The number of likely N-dealkylation sites (tertiary alicyclic amines) is 1. The lowest BCUT2D eigenvalue weighted by molar-refractivity contribution is 0.0963. The lowest BCUT2D eigenvalue weighted by atomic mass is 10.1. The van der Waals surface area contributed by atoms with Crippen molar-refractivity contribution in [3.05, 3.63) is 35.8 Å². The topological polar surface area (TPSA) is 81.8 Å². The molecule has 1 fully saturated rings. The zero-order valence-electron chi connectivity index (χ0n) is 16.4. The first-order valence-electron chi connectivity index (χ1n) is 9.75. The summed E-state index contributed by atoms with van der Waals surface area (Å²) in [4.78, 5) is 21.0. The first-order chi connectivity index (χ1) is 13.6. The molecule has 1 aliphatic heterocycles. The number of carbonyl (C=O) groups excluding carboxylic acids is 1. The largest absolute Gasteiger partial charge is 0.450 e. The SMILES string of the molecule is CCOC(=O)N1CCC(NC(=NC)NCCc2c[nH]c3ccc(F)cc23)CC1. The lowest BCUT2D eigenvalue weighted by Crippen LogP contribution is -2.50. The normalized spacial score (nSPS) is 15.7. The molecule has 1 aromatic carbocycles. The second kappa shape index (κ2) is 9.43. The molecule has 0 spiro atoms. The van der Waals surface area contributed by atoms with Crippen LogP contribution in [-0.4, -0.2) is 61.3 Å². The highest BCUT2D eigenvalue weighted by Crippen LogP contribution is 2.19. The molecule has 0 radical (unpaired) electrons. The van der Waals surface area contributed by atoms with Crippen molar-refractivity contribution in [2.24, 2.45) is 4.99 Å². The number of guanidine groups is 1. The molecule has 1 aliphatic rings. The van der Waals surface area contributed by atoms with E-state index in [4.69, 9.17) is 4.74 Å². The van der Waals surface area contributed by atoms with Gasteiger partial charge in [0, 0.05) is 49.8 Å². The zero-order valence-corrected chi connectivity index (χ0v) is 16.4. The van der Waals surface area contributed by atoms with Crippen LogP contribution in [0.5, 0.6) is 0 Å². The Labute approximate surface area is 164 Å². The Kier molecular flexibility index (Phi) is 6.73. The number of rotatable bonds is 5. The maximum Gasteiger partial charge on any atom is 0.409 e. The highest BCUT2D eigenvalue weighted by atomic mass is 19.1. The summed E-state index contributed by atoms with van der Waals surface area (Å²) in [5, 5.41) is 7.64. The predicted octanol–water partition coefficient (Wildman–Crippen LogP) is 2.64. The van der Waals surface area contributed by atoms with Crippen molar-refractivity contribution in [1.29, 1.82) is 0 Å². The van der Waals surface area contributed by atoms with Crippen LogP contribution < -0.4 is 10.6 Å². The number of H-pyrrole nitrogens is 1. The third-order valence-electron chi connectivity index (χ3n) is 5.00. The van der Waals surface area contributed by atoms with Crippen molar-refractivity contribution in [1.82, 2.24) is 20.5 Å². The Hall–Kier alpha value is -2.77. The maximum atomic E-state index is 13.5. The van der Waals surface area contributed by atoms with Crippen molar-refractivity contribution in [3.63, 3.8) is 0 Å². The number of piperidine rings is 1. The summed E-state index contributed by atoms with van der Waals surface area (Å²) in [6.45, 7) is 4.25. The molecule has 152 valence electrons. The number of halogens is 1. The molecule has 0 unspecified atom stereocenters. The fraction of sp³-hybridized carbons (Fsp3) is 0.500. The van der Waals surface area contributed by atoms with Gasteiger partial charge in [-0.3, -0.25) is 4.99 Å². The summed E-state index contributed by atoms with van der Waals surface area (Å²) in [6, 6.07) is 5.04. The number of hydrogen-bond acceptors (Lipinski definition) is 3. The van der Waals surface area contributed by atoms with Crippen molar-refractivity contribution >= 4 is 23.0 Å². The summed E-state index contributed by atoms with van der Waals surface area (Å²) in [6.07, 6.45) is 4.14. The quantitative estimate of drug-likeness (QED) is 0.542. The van der Waals surface area contributed by atoms with Crippen LogP contribution in [0.4, 0.5) is 9.18 Å². The molecule has 2 heterocycles. The van der Waals surface area contributed by atoms with E-state index in [1.165, 1.54) is 6.07 Å². The van der Waals surface area contributed by atoms with Crippen LogP contribution >= 0.6 is 0 Å². The Morgan fingerprint density at radius 1 is 1.39 bits per heavy atom. The zero-order chi connectivity index (χ0) is 19.9. The minimum Gasteiger partial charge on any atom is -0.450 e. The van der Waals surface area contributed by atoms with E-state index in [0.717, 1.165) is 41.7 Å². The summed E-state index contributed by atoms with van der Waals surface area (Å²) < 4.78 is 18.5. The van der Waals surface area contributed by atoms with E-state index in [1.807, 2.05) is 13.1 Å². The Balaban J connectivity index is 1.45. The highest BCUT2D eigenvalue weighted by Gasteiger charge is 2.24. The van der Waals surface area contributed by atoms with Crippen LogP contribution in [0, 0.1) is 5.82 Å². The number of nitrogens with one attached hydrogen (secondary N) is 3. The van der Waals surface area contributed by atoms with Gasteiger partial charge in [-0.25, -0.2) is 9.18 Å². The molecule has 8 heteroatoms.